The van der Waals surface area contributed by atoms with Gasteiger partial charge in [-0.25, -0.2) is 0 Å². The lowest BCUT2D eigenvalue weighted by atomic mass is 10.1. The monoisotopic (exact) mass is 336 g/mol. The van der Waals surface area contributed by atoms with Gasteiger partial charge in [-0.3, -0.25) is 15.1 Å². The Kier molecular flexibility index (Phi) is 4.79. The molecule has 1 heterocycles. The quantitative estimate of drug-likeness (QED) is 0.542. The van der Waals surface area contributed by atoms with Gasteiger partial charge in [-0.2, -0.15) is 0 Å². The molecule has 0 unspecified atom stereocenters. The van der Waals surface area contributed by atoms with Crippen LogP contribution < -0.4 is 10.2 Å². The summed E-state index contributed by atoms with van der Waals surface area (Å²) in [6, 6.07) is 17.0. The van der Waals surface area contributed by atoms with E-state index < -0.39 is 0 Å². The number of nitro groups is 1. The minimum absolute atomic E-state index is 0.0260. The minimum Gasteiger partial charge on any atom is -0.375 e. The average Bonchev–Trinajstić information content (AvgIpc) is 2.61. The molecule has 0 radical (unpaired) electrons. The summed E-state index contributed by atoms with van der Waals surface area (Å²) in [4.78, 5) is 17.6. The van der Waals surface area contributed by atoms with Crippen molar-refractivity contribution in [2.75, 3.05) is 23.8 Å². The first-order valence-electron chi connectivity index (χ1n) is 8.11. The van der Waals surface area contributed by atoms with Gasteiger partial charge in [0.25, 0.3) is 0 Å². The van der Waals surface area contributed by atoms with Gasteiger partial charge < -0.3 is 10.2 Å². The fourth-order valence-corrected chi connectivity index (χ4v) is 2.96. The number of likely N-dealkylation sites (N-methyl/N-ethyl adjacent to an activating group) is 1. The number of pyridine rings is 1. The summed E-state index contributed by atoms with van der Waals surface area (Å²) in [6.45, 7) is 2.73. The highest BCUT2D eigenvalue weighted by Crippen LogP contribution is 2.32. The summed E-state index contributed by atoms with van der Waals surface area (Å²) in [7, 11) is 2.01. The summed E-state index contributed by atoms with van der Waals surface area (Å²) in [5.41, 5.74) is 2.31. The second kappa shape index (κ2) is 7.17. The number of fused-ring (bicyclic) bond motifs is 1. The van der Waals surface area contributed by atoms with Crippen molar-refractivity contribution in [3.63, 3.8) is 0 Å². The van der Waals surface area contributed by atoms with Crippen LogP contribution in [-0.4, -0.2) is 29.5 Å². The minimum atomic E-state index is -0.347. The number of hydrogen-bond acceptors (Lipinski definition) is 5. The SMILES string of the molecule is C[C@H](CN(C)c1ccccc1)Nc1ccc2ncccc2c1[N+](=O)[O-]. The van der Waals surface area contributed by atoms with Gasteiger partial charge in [0.15, 0.2) is 0 Å². The van der Waals surface area contributed by atoms with Gasteiger partial charge in [0.05, 0.1) is 15.8 Å². The average molecular weight is 336 g/mol. The smallest absolute Gasteiger partial charge is 0.301 e. The maximum absolute atomic E-state index is 11.6. The molecule has 0 saturated heterocycles. The first-order valence-corrected chi connectivity index (χ1v) is 8.11. The normalized spacial score (nSPS) is 11.9. The third-order valence-corrected chi connectivity index (χ3v) is 4.09. The molecule has 0 amide bonds. The summed E-state index contributed by atoms with van der Waals surface area (Å²) in [5, 5.41) is 15.4. The molecule has 0 spiro atoms. The third-order valence-electron chi connectivity index (χ3n) is 4.09. The van der Waals surface area contributed by atoms with E-state index in [1.165, 1.54) is 0 Å². The van der Waals surface area contributed by atoms with Gasteiger partial charge in [0, 0.05) is 31.5 Å². The van der Waals surface area contributed by atoms with Gasteiger partial charge in [-0.1, -0.05) is 18.2 Å². The van der Waals surface area contributed by atoms with Crippen molar-refractivity contribution in [2.24, 2.45) is 0 Å². The second-order valence-corrected chi connectivity index (χ2v) is 6.05. The van der Waals surface area contributed by atoms with E-state index in [0.717, 1.165) is 5.69 Å². The first kappa shape index (κ1) is 16.7. The summed E-state index contributed by atoms with van der Waals surface area (Å²) in [5.74, 6) is 0. The van der Waals surface area contributed by atoms with E-state index in [-0.39, 0.29) is 16.7 Å². The highest BCUT2D eigenvalue weighted by atomic mass is 16.6. The van der Waals surface area contributed by atoms with Crippen molar-refractivity contribution in [1.29, 1.82) is 0 Å². The fourth-order valence-electron chi connectivity index (χ4n) is 2.96. The maximum atomic E-state index is 11.6. The third kappa shape index (κ3) is 3.68. The molecule has 0 aliphatic carbocycles. The Labute approximate surface area is 146 Å². The van der Waals surface area contributed by atoms with E-state index in [1.54, 1.807) is 30.5 Å². The molecular formula is C19H20N4O2. The molecule has 3 rings (SSSR count). The molecule has 1 atom stereocenters. The molecule has 2 aromatic carbocycles. The van der Waals surface area contributed by atoms with E-state index >= 15 is 0 Å². The van der Waals surface area contributed by atoms with Crippen LogP contribution in [-0.2, 0) is 0 Å². The van der Waals surface area contributed by atoms with Gasteiger partial charge >= 0.3 is 5.69 Å². The number of anilines is 2. The zero-order valence-corrected chi connectivity index (χ0v) is 14.2. The number of aromatic nitrogens is 1. The lowest BCUT2D eigenvalue weighted by Gasteiger charge is -2.24. The van der Waals surface area contributed by atoms with Crippen LogP contribution in [0, 0.1) is 10.1 Å². The molecule has 1 aromatic heterocycles. The predicted octanol–water partition coefficient (Wildman–Crippen LogP) is 4.08. The standard InChI is InChI=1S/C19H20N4O2/c1-14(13-22(2)15-7-4-3-5-8-15)21-18-11-10-17-16(9-6-12-20-17)19(18)23(24)25/h3-12,14,21H,13H2,1-2H3/t14-/m1/s1. The van der Waals surface area contributed by atoms with Gasteiger partial charge in [0.2, 0.25) is 0 Å². The number of benzene rings is 2. The van der Waals surface area contributed by atoms with Crippen LogP contribution in [0.15, 0.2) is 60.8 Å². The van der Waals surface area contributed by atoms with Crippen LogP contribution in [0.1, 0.15) is 6.92 Å². The Morgan fingerprint density at radius 3 is 2.64 bits per heavy atom. The molecule has 25 heavy (non-hydrogen) atoms. The van der Waals surface area contributed by atoms with Crippen LogP contribution in [0.5, 0.6) is 0 Å². The van der Waals surface area contributed by atoms with E-state index in [2.05, 4.69) is 15.2 Å². The number of nitrogens with zero attached hydrogens (tertiary/aromatic N) is 3. The molecule has 0 fully saturated rings. The van der Waals surface area contributed by atoms with Crippen molar-refractivity contribution in [2.45, 2.75) is 13.0 Å². The predicted molar refractivity (Wildman–Crippen MR) is 101 cm³/mol. The van der Waals surface area contributed by atoms with Crippen molar-refractivity contribution in [1.82, 2.24) is 4.98 Å². The zero-order valence-electron chi connectivity index (χ0n) is 14.2. The Morgan fingerprint density at radius 2 is 1.92 bits per heavy atom. The van der Waals surface area contributed by atoms with Crippen molar-refractivity contribution >= 4 is 28.0 Å². The highest BCUT2D eigenvalue weighted by Gasteiger charge is 2.20. The van der Waals surface area contributed by atoms with Crippen LogP contribution >= 0.6 is 0 Å². The number of nitro benzene ring substituents is 1. The van der Waals surface area contributed by atoms with Crippen LogP contribution in [0.4, 0.5) is 17.1 Å². The zero-order chi connectivity index (χ0) is 17.8. The number of nitrogens with one attached hydrogen (secondary N) is 1. The van der Waals surface area contributed by atoms with Crippen molar-refractivity contribution in [3.05, 3.63) is 70.9 Å². The van der Waals surface area contributed by atoms with E-state index in [9.17, 15) is 10.1 Å². The van der Waals surface area contributed by atoms with Gasteiger partial charge in [-0.15, -0.1) is 0 Å². The molecule has 0 bridgehead atoms. The van der Waals surface area contributed by atoms with Crippen LogP contribution in [0.2, 0.25) is 0 Å². The molecule has 0 aliphatic rings. The van der Waals surface area contributed by atoms with Crippen molar-refractivity contribution < 1.29 is 4.92 Å². The Hall–Kier alpha value is -3.15. The first-order chi connectivity index (χ1) is 12.1. The molecule has 6 nitrogen and oxygen atoms in total. The molecule has 3 aromatic rings. The lowest BCUT2D eigenvalue weighted by molar-refractivity contribution is -0.382. The second-order valence-electron chi connectivity index (χ2n) is 6.05. The number of para-hydroxylation sites is 1. The topological polar surface area (TPSA) is 71.3 Å². The summed E-state index contributed by atoms with van der Waals surface area (Å²) in [6.07, 6.45) is 1.64. The maximum Gasteiger partial charge on any atom is 0.301 e. The highest BCUT2D eigenvalue weighted by molar-refractivity contribution is 5.94. The summed E-state index contributed by atoms with van der Waals surface area (Å²) < 4.78 is 0. The van der Waals surface area contributed by atoms with Crippen molar-refractivity contribution in [3.8, 4) is 0 Å². The molecule has 6 heteroatoms. The molecule has 128 valence electrons. The van der Waals surface area contributed by atoms with E-state index in [1.807, 2.05) is 44.3 Å². The number of rotatable bonds is 6. The van der Waals surface area contributed by atoms with Crippen LogP contribution in [0.3, 0.4) is 0 Å². The fraction of sp³-hybridized carbons (Fsp3) is 0.211. The molecule has 0 saturated carbocycles. The van der Waals surface area contributed by atoms with Gasteiger partial charge in [0.1, 0.15) is 5.69 Å². The largest absolute Gasteiger partial charge is 0.375 e. The van der Waals surface area contributed by atoms with Crippen LogP contribution in [0.25, 0.3) is 10.9 Å². The Morgan fingerprint density at radius 1 is 1.16 bits per heavy atom. The van der Waals surface area contributed by atoms with E-state index in [0.29, 0.717) is 23.1 Å². The Balaban J connectivity index is 1.82. The molecular weight excluding hydrogens is 316 g/mol. The van der Waals surface area contributed by atoms with E-state index in [4.69, 9.17) is 0 Å². The summed E-state index contributed by atoms with van der Waals surface area (Å²) >= 11 is 0. The lowest BCUT2D eigenvalue weighted by Crippen LogP contribution is -2.32. The Bertz CT molecular complexity index is 883. The molecule has 0 aliphatic heterocycles. The molecule has 1 N–H and O–H groups in total. The van der Waals surface area contributed by atoms with Gasteiger partial charge in [-0.05, 0) is 43.3 Å². The number of hydrogen-bond donors (Lipinski definition) is 1.